The summed E-state index contributed by atoms with van der Waals surface area (Å²) < 4.78 is 41.9. The highest BCUT2D eigenvalue weighted by molar-refractivity contribution is 9.10. The monoisotopic (exact) mass is 393 g/mol. The third-order valence-electron chi connectivity index (χ3n) is 2.59. The number of hydrogen-bond donors (Lipinski definition) is 1. The Morgan fingerprint density at radius 2 is 1.95 bits per heavy atom. The van der Waals surface area contributed by atoms with Gasteiger partial charge in [-0.3, -0.25) is 0 Å². The topological polar surface area (TPSA) is 69.4 Å². The second-order valence-corrected chi connectivity index (χ2v) is 6.99. The van der Waals surface area contributed by atoms with E-state index in [1.807, 2.05) is 0 Å². The van der Waals surface area contributed by atoms with Crippen molar-refractivity contribution >= 4 is 37.6 Å². The van der Waals surface area contributed by atoms with Crippen LogP contribution in [0, 0.1) is 5.82 Å². The molecule has 0 amide bonds. The van der Waals surface area contributed by atoms with Crippen LogP contribution >= 0.6 is 27.5 Å². The molecular formula is C13H10BrClFNO3S. The molecule has 21 heavy (non-hydrogen) atoms. The van der Waals surface area contributed by atoms with Gasteiger partial charge in [-0.1, -0.05) is 17.7 Å². The summed E-state index contributed by atoms with van der Waals surface area (Å²) in [6.07, 6.45) is 0. The second kappa shape index (κ2) is 6.31. The van der Waals surface area contributed by atoms with Crippen molar-refractivity contribution in [1.82, 2.24) is 0 Å². The van der Waals surface area contributed by atoms with Crippen LogP contribution in [0.15, 0.2) is 45.8 Å². The van der Waals surface area contributed by atoms with Crippen LogP contribution < -0.4 is 9.88 Å². The van der Waals surface area contributed by atoms with E-state index in [1.165, 1.54) is 30.3 Å². The number of nitrogens with two attached hydrogens (primary N) is 1. The normalized spacial score (nSPS) is 11.4. The molecule has 0 atom stereocenters. The Morgan fingerprint density at radius 3 is 2.57 bits per heavy atom. The van der Waals surface area contributed by atoms with Crippen LogP contribution in [0.3, 0.4) is 0 Å². The third kappa shape index (κ3) is 4.16. The minimum Gasteiger partial charge on any atom is -0.487 e. The lowest BCUT2D eigenvalue weighted by atomic mass is 10.2. The summed E-state index contributed by atoms with van der Waals surface area (Å²) in [5.74, 6) is -0.308. The van der Waals surface area contributed by atoms with Crippen molar-refractivity contribution in [1.29, 1.82) is 0 Å². The Kier molecular flexibility index (Phi) is 4.88. The predicted molar refractivity (Wildman–Crippen MR) is 81.3 cm³/mol. The molecule has 0 aliphatic carbocycles. The summed E-state index contributed by atoms with van der Waals surface area (Å²) in [7, 11) is -3.95. The summed E-state index contributed by atoms with van der Waals surface area (Å²) in [5.41, 5.74) is 0.665. The number of benzene rings is 2. The van der Waals surface area contributed by atoms with Crippen molar-refractivity contribution in [3.63, 3.8) is 0 Å². The van der Waals surface area contributed by atoms with Gasteiger partial charge in [-0.15, -0.1) is 0 Å². The maximum absolute atomic E-state index is 13.1. The molecule has 0 unspecified atom stereocenters. The first-order chi connectivity index (χ1) is 9.77. The van der Waals surface area contributed by atoms with Gasteiger partial charge in [0.25, 0.3) is 0 Å². The lowest BCUT2D eigenvalue weighted by Gasteiger charge is -2.11. The molecule has 0 saturated heterocycles. The van der Waals surface area contributed by atoms with E-state index in [4.69, 9.17) is 21.5 Å². The fourth-order valence-electron chi connectivity index (χ4n) is 1.61. The molecule has 0 saturated carbocycles. The lowest BCUT2D eigenvalue weighted by Crippen LogP contribution is -2.14. The number of sulfonamides is 1. The molecule has 0 heterocycles. The first kappa shape index (κ1) is 16.2. The minimum absolute atomic E-state index is 0.0586. The molecule has 0 spiro atoms. The summed E-state index contributed by atoms with van der Waals surface area (Å²) in [4.78, 5) is -0.198. The van der Waals surface area contributed by atoms with E-state index in [2.05, 4.69) is 15.9 Å². The molecule has 4 nitrogen and oxygen atoms in total. The maximum Gasteiger partial charge on any atom is 0.241 e. The minimum atomic E-state index is -3.95. The van der Waals surface area contributed by atoms with Crippen LogP contribution in [-0.2, 0) is 16.6 Å². The van der Waals surface area contributed by atoms with E-state index in [0.29, 0.717) is 10.0 Å². The van der Waals surface area contributed by atoms with E-state index >= 15 is 0 Å². The highest BCUT2D eigenvalue weighted by Gasteiger charge is 2.16. The van der Waals surface area contributed by atoms with Crippen molar-refractivity contribution in [2.75, 3.05) is 0 Å². The van der Waals surface area contributed by atoms with Crippen molar-refractivity contribution < 1.29 is 17.5 Å². The van der Waals surface area contributed by atoms with Crippen LogP contribution in [-0.4, -0.2) is 8.42 Å². The van der Waals surface area contributed by atoms with Gasteiger partial charge in [0.15, 0.2) is 0 Å². The van der Waals surface area contributed by atoms with Gasteiger partial charge in [0, 0.05) is 5.02 Å². The average molecular weight is 395 g/mol. The molecule has 2 aromatic rings. The Hall–Kier alpha value is -1.15. The molecule has 0 aromatic heterocycles. The molecule has 8 heteroatoms. The zero-order valence-corrected chi connectivity index (χ0v) is 13.7. The Bertz CT molecular complexity index is 783. The second-order valence-electron chi connectivity index (χ2n) is 4.17. The highest BCUT2D eigenvalue weighted by atomic mass is 79.9. The summed E-state index contributed by atoms with van der Waals surface area (Å²) in [6, 6.07) is 8.49. The number of halogens is 3. The Labute approximate surface area is 134 Å². The van der Waals surface area contributed by atoms with Gasteiger partial charge in [0.05, 0.1) is 4.47 Å². The highest BCUT2D eigenvalue weighted by Crippen LogP contribution is 2.27. The van der Waals surface area contributed by atoms with Crippen LogP contribution in [0.1, 0.15) is 5.56 Å². The largest absolute Gasteiger partial charge is 0.487 e. The van der Waals surface area contributed by atoms with Gasteiger partial charge >= 0.3 is 0 Å². The molecular weight excluding hydrogens is 385 g/mol. The molecule has 0 fully saturated rings. The van der Waals surface area contributed by atoms with E-state index in [9.17, 15) is 12.8 Å². The SMILES string of the molecule is NS(=O)(=O)c1cc(Cl)ccc1OCc1ccc(F)c(Br)c1. The first-order valence-electron chi connectivity index (χ1n) is 5.66. The quantitative estimate of drug-likeness (QED) is 0.863. The van der Waals surface area contributed by atoms with Crippen LogP contribution in [0.4, 0.5) is 4.39 Å². The summed E-state index contributed by atoms with van der Waals surface area (Å²) in [5, 5.41) is 5.35. The van der Waals surface area contributed by atoms with Gasteiger partial charge in [-0.2, -0.15) is 0 Å². The average Bonchev–Trinajstić information content (AvgIpc) is 2.40. The number of hydrogen-bond acceptors (Lipinski definition) is 3. The van der Waals surface area contributed by atoms with Crippen molar-refractivity contribution in [2.24, 2.45) is 5.14 Å². The van der Waals surface area contributed by atoms with E-state index < -0.39 is 15.8 Å². The maximum atomic E-state index is 13.1. The summed E-state index contributed by atoms with van der Waals surface area (Å²) in [6.45, 7) is 0.0586. The van der Waals surface area contributed by atoms with Crippen LogP contribution in [0.2, 0.25) is 5.02 Å². The third-order valence-corrected chi connectivity index (χ3v) is 4.37. The van der Waals surface area contributed by atoms with Gasteiger partial charge in [-0.05, 0) is 51.8 Å². The number of rotatable bonds is 4. The molecule has 2 rings (SSSR count). The van der Waals surface area contributed by atoms with Crippen molar-refractivity contribution in [3.8, 4) is 5.75 Å². The molecule has 2 aromatic carbocycles. The summed E-state index contributed by atoms with van der Waals surface area (Å²) >= 11 is 8.82. The zero-order valence-electron chi connectivity index (χ0n) is 10.5. The van der Waals surface area contributed by atoms with E-state index in [0.717, 1.165) is 0 Å². The van der Waals surface area contributed by atoms with Crippen LogP contribution in [0.5, 0.6) is 5.75 Å². The fraction of sp³-hybridized carbons (Fsp3) is 0.0769. The number of ether oxygens (including phenoxy) is 1. The van der Waals surface area contributed by atoms with E-state index in [1.54, 1.807) is 6.07 Å². The van der Waals surface area contributed by atoms with E-state index in [-0.39, 0.29) is 22.3 Å². The van der Waals surface area contributed by atoms with Gasteiger partial charge in [-0.25, -0.2) is 17.9 Å². The smallest absolute Gasteiger partial charge is 0.241 e. The van der Waals surface area contributed by atoms with Crippen LogP contribution in [0.25, 0.3) is 0 Å². The Balaban J connectivity index is 2.26. The molecule has 0 radical (unpaired) electrons. The molecule has 2 N–H and O–H groups in total. The van der Waals surface area contributed by atoms with Gasteiger partial charge in [0.2, 0.25) is 10.0 Å². The van der Waals surface area contributed by atoms with Gasteiger partial charge in [0.1, 0.15) is 23.1 Å². The molecule has 0 aliphatic rings. The van der Waals surface area contributed by atoms with Gasteiger partial charge < -0.3 is 4.74 Å². The number of primary sulfonamides is 1. The molecule has 0 aliphatic heterocycles. The van der Waals surface area contributed by atoms with Crippen molar-refractivity contribution in [2.45, 2.75) is 11.5 Å². The zero-order chi connectivity index (χ0) is 15.6. The lowest BCUT2D eigenvalue weighted by molar-refractivity contribution is 0.297. The fourth-order valence-corrected chi connectivity index (χ4v) is 2.98. The molecule has 112 valence electrons. The Morgan fingerprint density at radius 1 is 1.24 bits per heavy atom. The molecule has 0 bridgehead atoms. The predicted octanol–water partition coefficient (Wildman–Crippen LogP) is 3.47. The van der Waals surface area contributed by atoms with Crippen molar-refractivity contribution in [3.05, 3.63) is 57.3 Å². The first-order valence-corrected chi connectivity index (χ1v) is 8.38. The standard InChI is InChI=1S/C13H10BrClFNO3S/c14-10-5-8(1-3-11(10)16)7-20-12-4-2-9(15)6-13(12)21(17,18)19/h1-6H,7H2,(H2,17,18,19).